The molecule has 0 unspecified atom stereocenters. The van der Waals surface area contributed by atoms with Crippen LogP contribution in [0, 0.1) is 0 Å². The Hall–Kier alpha value is -1.01. The van der Waals surface area contributed by atoms with Crippen molar-refractivity contribution < 1.29 is 9.59 Å². The van der Waals surface area contributed by atoms with Crippen LogP contribution in [0.5, 0.6) is 0 Å². The lowest BCUT2D eigenvalue weighted by Gasteiger charge is -2.15. The maximum absolute atomic E-state index is 12.0. The fraction of sp³-hybridized carbons (Fsp3) is 0.333. The van der Waals surface area contributed by atoms with E-state index in [9.17, 15) is 9.59 Å². The first kappa shape index (κ1) is 15.0. The number of hydrogen-bond acceptors (Lipinski definition) is 3. The number of nitrogens with one attached hydrogen (secondary N) is 1. The lowest BCUT2D eigenvalue weighted by Crippen LogP contribution is -2.44. The van der Waals surface area contributed by atoms with Crippen LogP contribution >= 0.6 is 27.7 Å². The number of nitrogens with two attached hydrogens (primary N) is 1. The van der Waals surface area contributed by atoms with E-state index in [2.05, 4.69) is 21.2 Å². The van der Waals surface area contributed by atoms with E-state index in [4.69, 9.17) is 5.73 Å². The maximum atomic E-state index is 12.0. The second-order valence-electron chi connectivity index (χ2n) is 3.69. The summed E-state index contributed by atoms with van der Waals surface area (Å²) in [7, 11) is 0. The fourth-order valence-corrected chi connectivity index (χ4v) is 2.34. The topological polar surface area (TPSA) is 72.2 Å². The molecule has 98 valence electrons. The van der Waals surface area contributed by atoms with Gasteiger partial charge in [0, 0.05) is 4.47 Å². The molecule has 3 N–H and O–H groups in total. The van der Waals surface area contributed by atoms with E-state index in [0.717, 1.165) is 5.75 Å². The van der Waals surface area contributed by atoms with Gasteiger partial charge in [-0.05, 0) is 46.5 Å². The summed E-state index contributed by atoms with van der Waals surface area (Å²) in [5, 5.41) is 2.65. The van der Waals surface area contributed by atoms with Crippen molar-refractivity contribution in [2.24, 2.45) is 5.73 Å². The molecule has 0 heterocycles. The standard InChI is InChI=1S/C12H15BrN2O2S/c1-18-7-6-10(11(14)16)15-12(17)8-4-2-3-5-9(8)13/h2-5,10H,6-7H2,1H3,(H2,14,16)(H,15,17)/t10-/m0/s1. The average molecular weight is 331 g/mol. The van der Waals surface area contributed by atoms with Crippen molar-refractivity contribution in [3.63, 3.8) is 0 Å². The van der Waals surface area contributed by atoms with Crippen molar-refractivity contribution in [2.45, 2.75) is 12.5 Å². The molecule has 1 aromatic rings. The molecular weight excluding hydrogens is 316 g/mol. The molecule has 0 aliphatic carbocycles. The fourth-order valence-electron chi connectivity index (χ4n) is 1.40. The van der Waals surface area contributed by atoms with Gasteiger partial charge in [-0.25, -0.2) is 0 Å². The third-order valence-electron chi connectivity index (χ3n) is 2.38. The first-order chi connectivity index (χ1) is 8.56. The van der Waals surface area contributed by atoms with Crippen LogP contribution in [0.3, 0.4) is 0 Å². The van der Waals surface area contributed by atoms with Crippen molar-refractivity contribution in [1.29, 1.82) is 0 Å². The molecule has 2 amide bonds. The monoisotopic (exact) mass is 330 g/mol. The van der Waals surface area contributed by atoms with Crippen LogP contribution < -0.4 is 11.1 Å². The van der Waals surface area contributed by atoms with Crippen molar-refractivity contribution in [1.82, 2.24) is 5.32 Å². The summed E-state index contributed by atoms with van der Waals surface area (Å²) in [4.78, 5) is 23.2. The Bertz CT molecular complexity index is 440. The van der Waals surface area contributed by atoms with Crippen LogP contribution in [0.4, 0.5) is 0 Å². The molecule has 1 aromatic carbocycles. The van der Waals surface area contributed by atoms with Crippen molar-refractivity contribution in [3.05, 3.63) is 34.3 Å². The zero-order chi connectivity index (χ0) is 13.5. The molecule has 4 nitrogen and oxygen atoms in total. The van der Waals surface area contributed by atoms with Gasteiger partial charge in [0.2, 0.25) is 5.91 Å². The highest BCUT2D eigenvalue weighted by Crippen LogP contribution is 2.16. The molecule has 0 spiro atoms. The first-order valence-electron chi connectivity index (χ1n) is 5.40. The van der Waals surface area contributed by atoms with E-state index >= 15 is 0 Å². The summed E-state index contributed by atoms with van der Waals surface area (Å²) in [5.74, 6) is -0.0408. The summed E-state index contributed by atoms with van der Waals surface area (Å²) in [6.07, 6.45) is 2.47. The van der Waals surface area contributed by atoms with Gasteiger partial charge < -0.3 is 11.1 Å². The predicted molar refractivity (Wildman–Crippen MR) is 77.6 cm³/mol. The van der Waals surface area contributed by atoms with Crippen LogP contribution in [0.15, 0.2) is 28.7 Å². The lowest BCUT2D eigenvalue weighted by atomic mass is 10.1. The third kappa shape index (κ3) is 4.34. The van der Waals surface area contributed by atoms with E-state index in [1.54, 1.807) is 30.0 Å². The molecule has 0 aliphatic rings. The van der Waals surface area contributed by atoms with Crippen molar-refractivity contribution in [3.8, 4) is 0 Å². The van der Waals surface area contributed by atoms with Gasteiger partial charge in [0.15, 0.2) is 0 Å². The van der Waals surface area contributed by atoms with Gasteiger partial charge in [0.1, 0.15) is 6.04 Å². The number of benzene rings is 1. The Morgan fingerprint density at radius 2 is 2.11 bits per heavy atom. The second kappa shape index (κ2) is 7.43. The van der Waals surface area contributed by atoms with Gasteiger partial charge in [-0.2, -0.15) is 11.8 Å². The molecule has 0 aliphatic heterocycles. The highest BCUT2D eigenvalue weighted by Gasteiger charge is 2.19. The van der Waals surface area contributed by atoms with E-state index in [1.165, 1.54) is 0 Å². The Balaban J connectivity index is 2.72. The highest BCUT2D eigenvalue weighted by molar-refractivity contribution is 9.10. The predicted octanol–water partition coefficient (Wildman–Crippen LogP) is 1.79. The van der Waals surface area contributed by atoms with Gasteiger partial charge in [-0.3, -0.25) is 9.59 Å². The van der Waals surface area contributed by atoms with E-state index in [1.807, 2.05) is 12.3 Å². The minimum Gasteiger partial charge on any atom is -0.368 e. The van der Waals surface area contributed by atoms with Gasteiger partial charge in [0.05, 0.1) is 5.56 Å². The van der Waals surface area contributed by atoms with Crippen LogP contribution in [0.25, 0.3) is 0 Å². The van der Waals surface area contributed by atoms with Gasteiger partial charge in [-0.1, -0.05) is 12.1 Å². The summed E-state index contributed by atoms with van der Waals surface area (Å²) in [6.45, 7) is 0. The van der Waals surface area contributed by atoms with Crippen molar-refractivity contribution >= 4 is 39.5 Å². The maximum Gasteiger partial charge on any atom is 0.253 e. The lowest BCUT2D eigenvalue weighted by molar-refractivity contribution is -0.119. The number of carbonyl (C=O) groups is 2. The van der Waals surface area contributed by atoms with Gasteiger partial charge >= 0.3 is 0 Å². The molecule has 0 bridgehead atoms. The molecular formula is C12H15BrN2O2S. The molecule has 0 radical (unpaired) electrons. The highest BCUT2D eigenvalue weighted by atomic mass is 79.9. The van der Waals surface area contributed by atoms with E-state index in [0.29, 0.717) is 16.5 Å². The molecule has 0 saturated carbocycles. The van der Waals surface area contributed by atoms with Crippen LogP contribution in [0.1, 0.15) is 16.8 Å². The number of thioether (sulfide) groups is 1. The molecule has 0 fully saturated rings. The quantitative estimate of drug-likeness (QED) is 0.835. The minimum absolute atomic E-state index is 0.299. The number of hydrogen-bond donors (Lipinski definition) is 2. The SMILES string of the molecule is CSCC[C@H](NC(=O)c1ccccc1Br)C(N)=O. The number of rotatable bonds is 6. The normalized spacial score (nSPS) is 11.9. The largest absolute Gasteiger partial charge is 0.368 e. The van der Waals surface area contributed by atoms with Crippen molar-refractivity contribution in [2.75, 3.05) is 12.0 Å². The summed E-state index contributed by atoms with van der Waals surface area (Å²) in [6, 6.07) is 6.42. The molecule has 0 saturated heterocycles. The molecule has 1 atom stereocenters. The average Bonchev–Trinajstić information content (AvgIpc) is 2.34. The summed E-state index contributed by atoms with van der Waals surface area (Å²) < 4.78 is 0.690. The zero-order valence-corrected chi connectivity index (χ0v) is 12.4. The molecule has 0 aromatic heterocycles. The van der Waals surface area contributed by atoms with Gasteiger partial charge in [0.25, 0.3) is 5.91 Å². The number of carbonyl (C=O) groups excluding carboxylic acids is 2. The third-order valence-corrected chi connectivity index (χ3v) is 3.71. The number of amides is 2. The molecule has 18 heavy (non-hydrogen) atoms. The number of halogens is 1. The zero-order valence-electron chi connectivity index (χ0n) is 9.98. The van der Waals surface area contributed by atoms with Crippen LogP contribution in [0.2, 0.25) is 0 Å². The van der Waals surface area contributed by atoms with E-state index in [-0.39, 0.29) is 5.91 Å². The Morgan fingerprint density at radius 3 is 2.67 bits per heavy atom. The summed E-state index contributed by atoms with van der Waals surface area (Å²) >= 11 is 4.90. The molecule has 1 rings (SSSR count). The minimum atomic E-state index is -0.628. The molecule has 6 heteroatoms. The Kier molecular flexibility index (Phi) is 6.21. The van der Waals surface area contributed by atoms with Crippen LogP contribution in [-0.2, 0) is 4.79 Å². The Morgan fingerprint density at radius 1 is 1.44 bits per heavy atom. The van der Waals surface area contributed by atoms with E-state index < -0.39 is 11.9 Å². The van der Waals surface area contributed by atoms with Crippen LogP contribution in [-0.4, -0.2) is 29.9 Å². The van der Waals surface area contributed by atoms with Gasteiger partial charge in [-0.15, -0.1) is 0 Å². The smallest absolute Gasteiger partial charge is 0.253 e. The second-order valence-corrected chi connectivity index (χ2v) is 5.53. The summed E-state index contributed by atoms with van der Waals surface area (Å²) in [5.41, 5.74) is 5.76. The first-order valence-corrected chi connectivity index (χ1v) is 7.58. The Labute approximate surface area is 119 Å². The number of primary amides is 1.